The van der Waals surface area contributed by atoms with Gasteiger partial charge in [0.15, 0.2) is 0 Å². The predicted octanol–water partition coefficient (Wildman–Crippen LogP) is 2.98. The molecule has 0 aliphatic heterocycles. The third-order valence-corrected chi connectivity index (χ3v) is 2.24. The van der Waals surface area contributed by atoms with Crippen molar-refractivity contribution in [1.29, 1.82) is 0 Å². The van der Waals surface area contributed by atoms with Gasteiger partial charge >= 0.3 is 0 Å². The monoisotopic (exact) mass is 204 g/mol. The minimum atomic E-state index is 0.686. The van der Waals surface area contributed by atoms with Gasteiger partial charge in [0.05, 0.1) is 0 Å². The van der Waals surface area contributed by atoms with E-state index in [1.54, 1.807) is 24.5 Å². The van der Waals surface area contributed by atoms with E-state index in [9.17, 15) is 0 Å². The molecule has 0 fully saturated rings. The molecule has 3 heteroatoms. The molecular formula is C11H9ClN2. The van der Waals surface area contributed by atoms with Crippen LogP contribution in [0, 0.1) is 0 Å². The van der Waals surface area contributed by atoms with Gasteiger partial charge in [0.1, 0.15) is 0 Å². The summed E-state index contributed by atoms with van der Waals surface area (Å²) in [6, 6.07) is 9.25. The Kier molecular flexibility index (Phi) is 2.37. The fourth-order valence-corrected chi connectivity index (χ4v) is 1.48. The summed E-state index contributed by atoms with van der Waals surface area (Å²) in [6.07, 6.45) is 3.46. The Morgan fingerprint density at radius 2 is 1.79 bits per heavy atom. The summed E-state index contributed by atoms with van der Waals surface area (Å²) in [7, 11) is 0. The fraction of sp³-hybridized carbons (Fsp3) is 0. The Labute approximate surface area is 87.4 Å². The van der Waals surface area contributed by atoms with Gasteiger partial charge in [-0.1, -0.05) is 11.6 Å². The second kappa shape index (κ2) is 3.68. The van der Waals surface area contributed by atoms with E-state index in [1.807, 2.05) is 18.2 Å². The van der Waals surface area contributed by atoms with E-state index in [-0.39, 0.29) is 0 Å². The second-order valence-corrected chi connectivity index (χ2v) is 3.40. The first-order valence-electron chi connectivity index (χ1n) is 4.23. The molecule has 0 atom stereocenters. The van der Waals surface area contributed by atoms with Gasteiger partial charge in [-0.25, -0.2) is 0 Å². The van der Waals surface area contributed by atoms with Gasteiger partial charge in [-0.3, -0.25) is 4.98 Å². The summed E-state index contributed by atoms with van der Waals surface area (Å²) < 4.78 is 0. The van der Waals surface area contributed by atoms with Crippen molar-refractivity contribution in [3.8, 4) is 11.1 Å². The van der Waals surface area contributed by atoms with Crippen LogP contribution in [0.15, 0.2) is 42.7 Å². The highest BCUT2D eigenvalue weighted by molar-refractivity contribution is 6.31. The average Bonchev–Trinajstić information content (AvgIpc) is 2.23. The van der Waals surface area contributed by atoms with Crippen molar-refractivity contribution in [2.24, 2.45) is 0 Å². The van der Waals surface area contributed by atoms with Gasteiger partial charge in [0, 0.05) is 28.7 Å². The molecule has 0 aliphatic rings. The largest absolute Gasteiger partial charge is 0.398 e. The van der Waals surface area contributed by atoms with Gasteiger partial charge in [0.25, 0.3) is 0 Å². The Hall–Kier alpha value is -1.54. The summed E-state index contributed by atoms with van der Waals surface area (Å²) in [5.74, 6) is 0. The Bertz CT molecular complexity index is 440. The minimum absolute atomic E-state index is 0.686. The molecule has 0 saturated carbocycles. The smallest absolute Gasteiger partial charge is 0.0413 e. The van der Waals surface area contributed by atoms with Gasteiger partial charge < -0.3 is 5.73 Å². The number of hydrogen-bond acceptors (Lipinski definition) is 2. The molecule has 0 amide bonds. The SMILES string of the molecule is Nc1ccc(Cl)cc1-c1ccncc1. The molecule has 70 valence electrons. The lowest BCUT2D eigenvalue weighted by Gasteiger charge is -2.05. The molecule has 0 bridgehead atoms. The van der Waals surface area contributed by atoms with Gasteiger partial charge in [0.2, 0.25) is 0 Å². The van der Waals surface area contributed by atoms with Crippen molar-refractivity contribution in [3.05, 3.63) is 47.7 Å². The predicted molar refractivity (Wildman–Crippen MR) is 59.1 cm³/mol. The van der Waals surface area contributed by atoms with E-state index < -0.39 is 0 Å². The van der Waals surface area contributed by atoms with Crippen molar-refractivity contribution in [2.45, 2.75) is 0 Å². The maximum absolute atomic E-state index is 5.90. The number of anilines is 1. The number of nitrogen functional groups attached to an aromatic ring is 1. The van der Waals surface area contributed by atoms with Crippen LogP contribution >= 0.6 is 11.6 Å². The zero-order valence-electron chi connectivity index (χ0n) is 7.44. The zero-order valence-corrected chi connectivity index (χ0v) is 8.20. The molecule has 0 unspecified atom stereocenters. The lowest BCUT2D eigenvalue weighted by molar-refractivity contribution is 1.33. The number of hydrogen-bond donors (Lipinski definition) is 1. The molecule has 2 nitrogen and oxygen atoms in total. The molecule has 2 N–H and O–H groups in total. The van der Waals surface area contributed by atoms with Crippen LogP contribution in [0.1, 0.15) is 0 Å². The Morgan fingerprint density at radius 3 is 2.50 bits per heavy atom. The van der Waals surface area contributed by atoms with Crippen LogP contribution in [-0.4, -0.2) is 4.98 Å². The maximum Gasteiger partial charge on any atom is 0.0413 e. The van der Waals surface area contributed by atoms with Crippen LogP contribution < -0.4 is 5.73 Å². The summed E-state index contributed by atoms with van der Waals surface area (Å²) in [5.41, 5.74) is 8.54. The fourth-order valence-electron chi connectivity index (χ4n) is 1.31. The number of rotatable bonds is 1. The molecule has 0 spiro atoms. The first kappa shape index (κ1) is 9.03. The molecule has 1 aromatic carbocycles. The van der Waals surface area contributed by atoms with Gasteiger partial charge in [-0.2, -0.15) is 0 Å². The van der Waals surface area contributed by atoms with Crippen LogP contribution in [0.5, 0.6) is 0 Å². The van der Waals surface area contributed by atoms with E-state index >= 15 is 0 Å². The average molecular weight is 205 g/mol. The number of benzene rings is 1. The molecule has 0 aliphatic carbocycles. The molecule has 1 aromatic heterocycles. The molecule has 2 aromatic rings. The summed E-state index contributed by atoms with van der Waals surface area (Å²) in [6.45, 7) is 0. The summed E-state index contributed by atoms with van der Waals surface area (Å²) >= 11 is 5.90. The molecule has 14 heavy (non-hydrogen) atoms. The van der Waals surface area contributed by atoms with Gasteiger partial charge in [-0.15, -0.1) is 0 Å². The highest BCUT2D eigenvalue weighted by atomic mass is 35.5. The number of pyridine rings is 1. The van der Waals surface area contributed by atoms with Crippen molar-refractivity contribution < 1.29 is 0 Å². The van der Waals surface area contributed by atoms with E-state index in [1.165, 1.54) is 0 Å². The number of halogens is 1. The highest BCUT2D eigenvalue weighted by Gasteiger charge is 2.02. The number of aromatic nitrogens is 1. The van der Waals surface area contributed by atoms with E-state index in [2.05, 4.69) is 4.98 Å². The van der Waals surface area contributed by atoms with Crippen LogP contribution in [0.4, 0.5) is 5.69 Å². The van der Waals surface area contributed by atoms with Crippen LogP contribution in [0.3, 0.4) is 0 Å². The van der Waals surface area contributed by atoms with E-state index in [4.69, 9.17) is 17.3 Å². The normalized spacial score (nSPS) is 10.1. The van der Waals surface area contributed by atoms with E-state index in [0.717, 1.165) is 16.8 Å². The van der Waals surface area contributed by atoms with E-state index in [0.29, 0.717) is 5.02 Å². The molecule has 0 saturated heterocycles. The quantitative estimate of drug-likeness (QED) is 0.726. The third-order valence-electron chi connectivity index (χ3n) is 2.01. The first-order chi connectivity index (χ1) is 6.77. The summed E-state index contributed by atoms with van der Waals surface area (Å²) in [5, 5.41) is 0.686. The first-order valence-corrected chi connectivity index (χ1v) is 4.60. The number of nitrogens with two attached hydrogens (primary N) is 1. The molecule has 2 rings (SSSR count). The lowest BCUT2D eigenvalue weighted by Crippen LogP contribution is -1.89. The Morgan fingerprint density at radius 1 is 1.07 bits per heavy atom. The Balaban J connectivity index is 2.57. The lowest BCUT2D eigenvalue weighted by atomic mass is 10.1. The van der Waals surface area contributed by atoms with Crippen LogP contribution in [0.2, 0.25) is 5.02 Å². The maximum atomic E-state index is 5.90. The minimum Gasteiger partial charge on any atom is -0.398 e. The standard InChI is InChI=1S/C11H9ClN2/c12-9-1-2-11(13)10(7-9)8-3-5-14-6-4-8/h1-7H,13H2. The molecular weight excluding hydrogens is 196 g/mol. The van der Waals surface area contributed by atoms with Crippen LogP contribution in [-0.2, 0) is 0 Å². The molecule has 1 heterocycles. The topological polar surface area (TPSA) is 38.9 Å². The second-order valence-electron chi connectivity index (χ2n) is 2.97. The number of nitrogens with zero attached hydrogens (tertiary/aromatic N) is 1. The highest BCUT2D eigenvalue weighted by Crippen LogP contribution is 2.27. The van der Waals surface area contributed by atoms with Crippen molar-refractivity contribution in [1.82, 2.24) is 4.98 Å². The van der Waals surface area contributed by atoms with Crippen molar-refractivity contribution in [2.75, 3.05) is 5.73 Å². The third kappa shape index (κ3) is 1.70. The summed E-state index contributed by atoms with van der Waals surface area (Å²) in [4.78, 5) is 3.95. The van der Waals surface area contributed by atoms with Crippen LogP contribution in [0.25, 0.3) is 11.1 Å². The van der Waals surface area contributed by atoms with Gasteiger partial charge in [-0.05, 0) is 35.9 Å². The van der Waals surface area contributed by atoms with Crippen molar-refractivity contribution in [3.63, 3.8) is 0 Å². The zero-order chi connectivity index (χ0) is 9.97. The van der Waals surface area contributed by atoms with Crippen molar-refractivity contribution >= 4 is 17.3 Å². The molecule has 0 radical (unpaired) electrons.